The number of aromatic nitrogens is 3. The van der Waals surface area contributed by atoms with Crippen molar-refractivity contribution < 1.29 is 18.6 Å². The molecule has 2 heterocycles. The van der Waals surface area contributed by atoms with Gasteiger partial charge in [0, 0.05) is 18.4 Å². The number of benzene rings is 1. The smallest absolute Gasteiger partial charge is 0.260 e. The van der Waals surface area contributed by atoms with Gasteiger partial charge in [-0.2, -0.15) is 19.7 Å². The summed E-state index contributed by atoms with van der Waals surface area (Å²) in [5, 5.41) is 13.5. The van der Waals surface area contributed by atoms with Crippen LogP contribution in [0.4, 0.5) is 10.2 Å². The van der Waals surface area contributed by atoms with Crippen LogP contribution in [0.1, 0.15) is 22.4 Å². The lowest BCUT2D eigenvalue weighted by Gasteiger charge is -2.11. The number of hydrogen-bond acceptors (Lipinski definition) is 9. The van der Waals surface area contributed by atoms with E-state index in [1.54, 1.807) is 38.3 Å². The predicted molar refractivity (Wildman–Crippen MR) is 116 cm³/mol. The minimum atomic E-state index is -0.779. The van der Waals surface area contributed by atoms with Gasteiger partial charge in [-0.1, -0.05) is 0 Å². The highest BCUT2D eigenvalue weighted by Crippen LogP contribution is 2.32. The van der Waals surface area contributed by atoms with E-state index in [0.29, 0.717) is 34.0 Å². The molecule has 9 nitrogen and oxygen atoms in total. The number of hydrogen-bond donors (Lipinski definition) is 1. The van der Waals surface area contributed by atoms with Crippen molar-refractivity contribution in [2.24, 2.45) is 5.10 Å². The Morgan fingerprint density at radius 3 is 2.78 bits per heavy atom. The average molecular weight is 457 g/mol. The van der Waals surface area contributed by atoms with Crippen LogP contribution in [0.25, 0.3) is 0 Å². The first-order chi connectivity index (χ1) is 15.4. The van der Waals surface area contributed by atoms with Crippen molar-refractivity contribution in [3.8, 4) is 23.4 Å². The van der Waals surface area contributed by atoms with E-state index < -0.39 is 5.82 Å². The van der Waals surface area contributed by atoms with Gasteiger partial charge >= 0.3 is 0 Å². The first-order valence-corrected chi connectivity index (χ1v) is 9.55. The van der Waals surface area contributed by atoms with Crippen molar-refractivity contribution >= 4 is 23.6 Å². The second-order valence-electron chi connectivity index (χ2n) is 6.37. The van der Waals surface area contributed by atoms with Gasteiger partial charge in [-0.3, -0.25) is 5.43 Å². The molecule has 11 heteroatoms. The topological polar surface area (TPSA) is 115 Å². The molecule has 3 aromatic rings. The van der Waals surface area contributed by atoms with Gasteiger partial charge in [0.2, 0.25) is 11.1 Å². The Balaban J connectivity index is 1.85. The van der Waals surface area contributed by atoms with E-state index in [-0.39, 0.29) is 23.5 Å². The summed E-state index contributed by atoms with van der Waals surface area (Å²) < 4.78 is 29.9. The molecule has 0 unspecified atom stereocenters. The molecule has 0 radical (unpaired) electrons. The van der Waals surface area contributed by atoms with Gasteiger partial charge in [-0.25, -0.2) is 9.97 Å². The maximum atomic E-state index is 13.9. The number of rotatable bonds is 8. The summed E-state index contributed by atoms with van der Waals surface area (Å²) in [4.78, 5) is 11.6. The number of nitrogens with one attached hydrogen (secondary N) is 1. The quantitative estimate of drug-likeness (QED) is 0.304. The standard InChI is InChI=1S/C21H18ClFN6O3/c1-12-6-14(11-30-2)15(8-24)19(27-12)29-26-9-13-4-5-17(31-3)18(7-13)32-20-16(23)10-25-21(22)28-20/h4-7,9-10H,11H2,1-3H3,(H,27,29). The van der Waals surface area contributed by atoms with E-state index in [4.69, 9.17) is 25.8 Å². The zero-order valence-corrected chi connectivity index (χ0v) is 18.1. The molecular formula is C21H18ClFN6O3. The lowest BCUT2D eigenvalue weighted by atomic mass is 10.1. The van der Waals surface area contributed by atoms with Crippen LogP contribution in [-0.4, -0.2) is 35.4 Å². The highest BCUT2D eigenvalue weighted by Gasteiger charge is 2.13. The Hall–Kier alpha value is -3.81. The summed E-state index contributed by atoms with van der Waals surface area (Å²) in [7, 11) is 3.00. The number of nitriles is 1. The number of aryl methyl sites for hydroxylation is 1. The minimum absolute atomic E-state index is 0.158. The number of ether oxygens (including phenoxy) is 3. The van der Waals surface area contributed by atoms with Gasteiger partial charge < -0.3 is 14.2 Å². The Labute approximate surface area is 188 Å². The fraction of sp³-hybridized carbons (Fsp3) is 0.190. The third-order valence-corrected chi connectivity index (χ3v) is 4.28. The van der Waals surface area contributed by atoms with Gasteiger partial charge in [-0.05, 0) is 48.4 Å². The molecule has 0 amide bonds. The molecular weight excluding hydrogens is 439 g/mol. The number of methoxy groups -OCH3 is 2. The first kappa shape index (κ1) is 22.9. The molecule has 0 aliphatic carbocycles. The fourth-order valence-corrected chi connectivity index (χ4v) is 2.87. The van der Waals surface area contributed by atoms with Crippen LogP contribution in [0.15, 0.2) is 35.6 Å². The van der Waals surface area contributed by atoms with Crippen molar-refractivity contribution in [3.05, 3.63) is 63.9 Å². The maximum Gasteiger partial charge on any atom is 0.260 e. The molecule has 0 fully saturated rings. The number of pyridine rings is 1. The Bertz CT molecular complexity index is 1200. The monoisotopic (exact) mass is 456 g/mol. The minimum Gasteiger partial charge on any atom is -0.493 e. The third kappa shape index (κ3) is 5.46. The van der Waals surface area contributed by atoms with Gasteiger partial charge in [0.05, 0.1) is 26.1 Å². The van der Waals surface area contributed by atoms with Crippen molar-refractivity contribution in [2.45, 2.75) is 13.5 Å². The van der Waals surface area contributed by atoms with Gasteiger partial charge in [0.25, 0.3) is 5.88 Å². The van der Waals surface area contributed by atoms with Crippen molar-refractivity contribution in [3.63, 3.8) is 0 Å². The molecule has 1 aromatic carbocycles. The largest absolute Gasteiger partial charge is 0.493 e. The van der Waals surface area contributed by atoms with E-state index in [0.717, 1.165) is 6.20 Å². The molecule has 0 saturated heterocycles. The highest BCUT2D eigenvalue weighted by atomic mass is 35.5. The van der Waals surface area contributed by atoms with Gasteiger partial charge in [-0.15, -0.1) is 0 Å². The molecule has 1 N–H and O–H groups in total. The average Bonchev–Trinajstić information content (AvgIpc) is 2.76. The van der Waals surface area contributed by atoms with Crippen LogP contribution in [0.2, 0.25) is 5.28 Å². The van der Waals surface area contributed by atoms with Crippen LogP contribution >= 0.6 is 11.6 Å². The lowest BCUT2D eigenvalue weighted by Crippen LogP contribution is -2.03. The predicted octanol–water partition coefficient (Wildman–Crippen LogP) is 4.24. The number of anilines is 1. The second kappa shape index (κ2) is 10.5. The fourth-order valence-electron chi connectivity index (χ4n) is 2.74. The second-order valence-corrected chi connectivity index (χ2v) is 6.70. The number of halogens is 2. The molecule has 0 atom stereocenters. The van der Waals surface area contributed by atoms with Crippen LogP contribution in [-0.2, 0) is 11.3 Å². The maximum absolute atomic E-state index is 13.9. The zero-order valence-electron chi connectivity index (χ0n) is 17.4. The Kier molecular flexibility index (Phi) is 7.49. The molecule has 2 aromatic heterocycles. The lowest BCUT2D eigenvalue weighted by molar-refractivity contribution is 0.184. The Morgan fingerprint density at radius 2 is 2.06 bits per heavy atom. The summed E-state index contributed by atoms with van der Waals surface area (Å²) in [5.41, 5.74) is 5.12. The number of nitrogens with zero attached hydrogens (tertiary/aromatic N) is 5. The van der Waals surface area contributed by atoms with Crippen molar-refractivity contribution in [2.75, 3.05) is 19.6 Å². The van der Waals surface area contributed by atoms with Crippen molar-refractivity contribution in [1.82, 2.24) is 15.0 Å². The Morgan fingerprint density at radius 1 is 1.25 bits per heavy atom. The first-order valence-electron chi connectivity index (χ1n) is 9.17. The highest BCUT2D eigenvalue weighted by molar-refractivity contribution is 6.28. The van der Waals surface area contributed by atoms with Crippen LogP contribution in [0.5, 0.6) is 17.4 Å². The van der Waals surface area contributed by atoms with E-state index >= 15 is 0 Å². The van der Waals surface area contributed by atoms with Crippen LogP contribution < -0.4 is 14.9 Å². The molecule has 32 heavy (non-hydrogen) atoms. The van der Waals surface area contributed by atoms with E-state index in [2.05, 4.69) is 31.5 Å². The molecule has 3 rings (SSSR count). The molecule has 164 valence electrons. The molecule has 0 saturated carbocycles. The normalized spacial score (nSPS) is 10.8. The van der Waals surface area contributed by atoms with Crippen LogP contribution in [0, 0.1) is 24.1 Å². The molecule has 0 aliphatic rings. The van der Waals surface area contributed by atoms with Crippen molar-refractivity contribution in [1.29, 1.82) is 5.26 Å². The van der Waals surface area contributed by atoms with E-state index in [9.17, 15) is 9.65 Å². The molecule has 0 bridgehead atoms. The zero-order chi connectivity index (χ0) is 23.1. The van der Waals surface area contributed by atoms with Gasteiger partial charge in [0.15, 0.2) is 17.3 Å². The number of hydrazone groups is 1. The summed E-state index contributed by atoms with van der Waals surface area (Å²) in [6.45, 7) is 2.08. The summed E-state index contributed by atoms with van der Waals surface area (Å²) in [6, 6.07) is 8.81. The van der Waals surface area contributed by atoms with E-state index in [1.165, 1.54) is 13.3 Å². The SMILES string of the molecule is COCc1cc(C)nc(NN=Cc2ccc(OC)c(Oc3nc(Cl)ncc3F)c2)c1C#N. The summed E-state index contributed by atoms with van der Waals surface area (Å²) in [5.74, 6) is -0.277. The summed E-state index contributed by atoms with van der Waals surface area (Å²) >= 11 is 5.72. The third-order valence-electron chi connectivity index (χ3n) is 4.10. The van der Waals surface area contributed by atoms with Gasteiger partial charge in [0.1, 0.15) is 11.6 Å². The van der Waals surface area contributed by atoms with Crippen LogP contribution in [0.3, 0.4) is 0 Å². The summed E-state index contributed by atoms with van der Waals surface area (Å²) in [6.07, 6.45) is 2.39. The molecule has 0 spiro atoms. The molecule has 0 aliphatic heterocycles. The van der Waals surface area contributed by atoms with E-state index in [1.807, 2.05) is 0 Å².